The molecule has 0 aliphatic carbocycles. The molecule has 0 aromatic heterocycles. The van der Waals surface area contributed by atoms with Gasteiger partial charge in [-0.1, -0.05) is 25.1 Å². The highest BCUT2D eigenvalue weighted by molar-refractivity contribution is 7.92. The van der Waals surface area contributed by atoms with E-state index in [1.54, 1.807) is 48.5 Å². The molecule has 0 bridgehead atoms. The fraction of sp³-hybridized carbons (Fsp3) is 0.333. The highest BCUT2D eigenvalue weighted by Crippen LogP contribution is 2.23. The van der Waals surface area contributed by atoms with Gasteiger partial charge < -0.3 is 15.4 Å². The van der Waals surface area contributed by atoms with Crippen LogP contribution in [0.1, 0.15) is 30.6 Å². The van der Waals surface area contributed by atoms with Gasteiger partial charge in [0.15, 0.2) is 0 Å². The Labute approximate surface area is 177 Å². The predicted octanol–water partition coefficient (Wildman–Crippen LogP) is 2.63. The van der Waals surface area contributed by atoms with Crippen LogP contribution in [0.2, 0.25) is 0 Å². The molecule has 2 aromatic carbocycles. The Bertz CT molecular complexity index is 992. The molecule has 2 amide bonds. The van der Waals surface area contributed by atoms with Crippen molar-refractivity contribution in [2.75, 3.05) is 35.6 Å². The highest BCUT2D eigenvalue weighted by atomic mass is 32.2. The average Bonchev–Trinajstić information content (AvgIpc) is 2.70. The molecular formula is C21H27N3O5S. The van der Waals surface area contributed by atoms with Crippen molar-refractivity contribution in [2.24, 2.45) is 0 Å². The summed E-state index contributed by atoms with van der Waals surface area (Å²) in [5, 5.41) is 5.40. The van der Waals surface area contributed by atoms with E-state index in [1.165, 1.54) is 0 Å². The summed E-state index contributed by atoms with van der Waals surface area (Å²) in [4.78, 5) is 25.0. The van der Waals surface area contributed by atoms with E-state index in [-0.39, 0.29) is 5.91 Å². The number of carbonyl (C=O) groups excluding carboxylic acids is 2. The first-order valence-corrected chi connectivity index (χ1v) is 11.5. The fourth-order valence-corrected chi connectivity index (χ4v) is 3.59. The van der Waals surface area contributed by atoms with Crippen LogP contribution in [0.4, 0.5) is 11.4 Å². The molecule has 0 radical (unpaired) electrons. The van der Waals surface area contributed by atoms with Crippen molar-refractivity contribution >= 4 is 33.2 Å². The summed E-state index contributed by atoms with van der Waals surface area (Å²) in [5.41, 5.74) is 0.934. The summed E-state index contributed by atoms with van der Waals surface area (Å²) in [5.74, 6) is -0.378. The first kappa shape index (κ1) is 23.2. The molecule has 0 saturated carbocycles. The number of para-hydroxylation sites is 1. The maximum absolute atomic E-state index is 12.7. The summed E-state index contributed by atoms with van der Waals surface area (Å²) in [6.45, 7) is 4.26. The molecule has 2 rings (SSSR count). The molecule has 0 unspecified atom stereocenters. The Morgan fingerprint density at radius 3 is 2.47 bits per heavy atom. The van der Waals surface area contributed by atoms with Crippen LogP contribution in [-0.4, -0.2) is 46.2 Å². The van der Waals surface area contributed by atoms with E-state index in [0.717, 1.165) is 17.0 Å². The van der Waals surface area contributed by atoms with Crippen LogP contribution in [0.25, 0.3) is 0 Å². The molecule has 0 aliphatic heterocycles. The van der Waals surface area contributed by atoms with Crippen LogP contribution in [0.3, 0.4) is 0 Å². The van der Waals surface area contributed by atoms with Crippen molar-refractivity contribution in [3.63, 3.8) is 0 Å². The van der Waals surface area contributed by atoms with E-state index in [9.17, 15) is 18.0 Å². The minimum atomic E-state index is -3.74. The Morgan fingerprint density at radius 1 is 1.07 bits per heavy atom. The number of ether oxygens (including phenoxy) is 1. The molecule has 8 nitrogen and oxygen atoms in total. The van der Waals surface area contributed by atoms with Gasteiger partial charge in [-0.3, -0.25) is 13.9 Å². The maximum Gasteiger partial charge on any atom is 0.253 e. The van der Waals surface area contributed by atoms with Crippen molar-refractivity contribution in [3.8, 4) is 5.75 Å². The predicted molar refractivity (Wildman–Crippen MR) is 117 cm³/mol. The molecule has 30 heavy (non-hydrogen) atoms. The number of anilines is 2. The second-order valence-corrected chi connectivity index (χ2v) is 8.46. The first-order valence-electron chi connectivity index (χ1n) is 9.64. The molecule has 0 aliphatic rings. The number of carbonyl (C=O) groups is 2. The second-order valence-electron chi connectivity index (χ2n) is 6.55. The number of sulfonamides is 1. The van der Waals surface area contributed by atoms with Crippen molar-refractivity contribution in [3.05, 3.63) is 54.1 Å². The van der Waals surface area contributed by atoms with Gasteiger partial charge >= 0.3 is 0 Å². The number of nitrogens with one attached hydrogen (secondary N) is 2. The molecular weight excluding hydrogens is 406 g/mol. The van der Waals surface area contributed by atoms with E-state index in [2.05, 4.69) is 10.6 Å². The summed E-state index contributed by atoms with van der Waals surface area (Å²) >= 11 is 0. The van der Waals surface area contributed by atoms with Gasteiger partial charge in [0, 0.05) is 12.6 Å². The Hall–Kier alpha value is -3.07. The summed E-state index contributed by atoms with van der Waals surface area (Å²) in [7, 11) is -3.74. The van der Waals surface area contributed by atoms with Crippen molar-refractivity contribution in [1.82, 2.24) is 5.32 Å². The number of benzene rings is 2. The summed E-state index contributed by atoms with van der Waals surface area (Å²) in [6.07, 6.45) is 1.81. The summed E-state index contributed by atoms with van der Waals surface area (Å²) in [6, 6.07) is 13.1. The Morgan fingerprint density at radius 2 is 1.80 bits per heavy atom. The third kappa shape index (κ3) is 6.48. The normalized spacial score (nSPS) is 10.9. The summed E-state index contributed by atoms with van der Waals surface area (Å²) < 4.78 is 31.1. The van der Waals surface area contributed by atoms with Crippen LogP contribution in [-0.2, 0) is 14.8 Å². The molecule has 9 heteroatoms. The average molecular weight is 434 g/mol. The number of nitrogens with zero attached hydrogens (tertiary/aromatic N) is 1. The SMILES string of the molecule is CCCNC(=O)c1ccccc1NC(=O)CN(c1cccc(OCC)c1)S(C)(=O)=O. The van der Waals surface area contributed by atoms with Crippen LogP contribution in [0.15, 0.2) is 48.5 Å². The Kier molecular flexibility index (Phi) is 8.23. The zero-order chi connectivity index (χ0) is 22.1. The molecule has 162 valence electrons. The van der Waals surface area contributed by atoms with Crippen LogP contribution in [0, 0.1) is 0 Å². The molecule has 0 heterocycles. The number of hydrogen-bond acceptors (Lipinski definition) is 5. The van der Waals surface area contributed by atoms with Gasteiger partial charge in [-0.05, 0) is 37.6 Å². The van der Waals surface area contributed by atoms with Crippen molar-refractivity contribution < 1.29 is 22.7 Å². The lowest BCUT2D eigenvalue weighted by atomic mass is 10.1. The lowest BCUT2D eigenvalue weighted by Gasteiger charge is -2.22. The van der Waals surface area contributed by atoms with Gasteiger partial charge in [-0.2, -0.15) is 0 Å². The zero-order valence-corrected chi connectivity index (χ0v) is 18.2. The first-order chi connectivity index (χ1) is 14.3. The quantitative estimate of drug-likeness (QED) is 0.599. The van der Waals surface area contributed by atoms with Gasteiger partial charge in [0.05, 0.1) is 29.8 Å². The highest BCUT2D eigenvalue weighted by Gasteiger charge is 2.22. The lowest BCUT2D eigenvalue weighted by molar-refractivity contribution is -0.114. The van der Waals surface area contributed by atoms with Gasteiger partial charge in [-0.25, -0.2) is 8.42 Å². The monoisotopic (exact) mass is 433 g/mol. The molecule has 0 saturated heterocycles. The third-order valence-electron chi connectivity index (χ3n) is 4.09. The van der Waals surface area contributed by atoms with E-state index in [4.69, 9.17) is 4.74 Å². The minimum Gasteiger partial charge on any atom is -0.494 e. The molecule has 0 atom stereocenters. The van der Waals surface area contributed by atoms with Gasteiger partial charge in [0.2, 0.25) is 15.9 Å². The second kappa shape index (κ2) is 10.6. The molecule has 0 fully saturated rings. The zero-order valence-electron chi connectivity index (χ0n) is 17.3. The van der Waals surface area contributed by atoms with Crippen LogP contribution < -0.4 is 19.7 Å². The largest absolute Gasteiger partial charge is 0.494 e. The third-order valence-corrected chi connectivity index (χ3v) is 5.23. The Balaban J connectivity index is 2.22. The number of amides is 2. The van der Waals surface area contributed by atoms with Crippen LogP contribution in [0.5, 0.6) is 5.75 Å². The van der Waals surface area contributed by atoms with Crippen molar-refractivity contribution in [2.45, 2.75) is 20.3 Å². The number of rotatable bonds is 10. The lowest BCUT2D eigenvalue weighted by Crippen LogP contribution is -2.37. The van der Waals surface area contributed by atoms with Crippen LogP contribution >= 0.6 is 0 Å². The molecule has 2 aromatic rings. The van der Waals surface area contributed by atoms with Gasteiger partial charge in [-0.15, -0.1) is 0 Å². The van der Waals surface area contributed by atoms with E-state index in [0.29, 0.717) is 35.8 Å². The van der Waals surface area contributed by atoms with Gasteiger partial charge in [0.25, 0.3) is 5.91 Å². The molecule has 0 spiro atoms. The topological polar surface area (TPSA) is 105 Å². The maximum atomic E-state index is 12.7. The van der Waals surface area contributed by atoms with E-state index >= 15 is 0 Å². The van der Waals surface area contributed by atoms with Gasteiger partial charge in [0.1, 0.15) is 12.3 Å². The smallest absolute Gasteiger partial charge is 0.253 e. The number of hydrogen-bond donors (Lipinski definition) is 2. The fourth-order valence-electron chi connectivity index (χ4n) is 2.74. The standard InChI is InChI=1S/C21H27N3O5S/c1-4-13-22-21(26)18-11-6-7-12-19(18)23-20(25)15-24(30(3,27)28)16-9-8-10-17(14-16)29-5-2/h6-12,14H,4-5,13,15H2,1-3H3,(H,22,26)(H,23,25). The van der Waals surface area contributed by atoms with Crippen molar-refractivity contribution in [1.29, 1.82) is 0 Å². The van der Waals surface area contributed by atoms with E-state index in [1.807, 2.05) is 13.8 Å². The minimum absolute atomic E-state index is 0.308. The molecule has 2 N–H and O–H groups in total. The van der Waals surface area contributed by atoms with E-state index < -0.39 is 22.5 Å².